The molecular weight excluding hydrogens is 757 g/mol. The minimum atomic E-state index is -2.52. The lowest BCUT2D eigenvalue weighted by Crippen LogP contribution is -2.42. The van der Waals surface area contributed by atoms with Gasteiger partial charge < -0.3 is 0 Å². The molecule has 9 aromatic carbocycles. The fourth-order valence-corrected chi connectivity index (χ4v) is 17.8. The second-order valence-corrected chi connectivity index (χ2v) is 21.5. The summed E-state index contributed by atoms with van der Waals surface area (Å²) in [4.78, 5) is 31.1. The van der Waals surface area contributed by atoms with Crippen LogP contribution in [0.4, 0.5) is 5.69 Å². The molecule has 0 aromatic heterocycles. The van der Waals surface area contributed by atoms with Gasteiger partial charge in [0.25, 0.3) is 11.8 Å². The van der Waals surface area contributed by atoms with Crippen LogP contribution in [0, 0.1) is 0 Å². The summed E-state index contributed by atoms with van der Waals surface area (Å²) in [5.41, 5.74) is 1.59. The van der Waals surface area contributed by atoms with Crippen molar-refractivity contribution < 1.29 is 9.59 Å². The Morgan fingerprint density at radius 2 is 0.627 bits per heavy atom. The molecular formula is C54H39NO2P2+2. The molecule has 0 saturated carbocycles. The van der Waals surface area contributed by atoms with Crippen molar-refractivity contribution in [2.75, 3.05) is 4.90 Å². The maximum absolute atomic E-state index is 14.9. The molecule has 1 heterocycles. The van der Waals surface area contributed by atoms with Crippen molar-refractivity contribution in [2.24, 2.45) is 0 Å². The van der Waals surface area contributed by atoms with E-state index >= 15 is 0 Å². The van der Waals surface area contributed by atoms with E-state index in [-0.39, 0.29) is 11.8 Å². The third-order valence-electron chi connectivity index (χ3n) is 11.6. The van der Waals surface area contributed by atoms with Crippen LogP contribution in [0.2, 0.25) is 0 Å². The molecule has 0 N–H and O–H groups in total. The van der Waals surface area contributed by atoms with E-state index in [1.807, 2.05) is 30.3 Å². The maximum Gasteiger partial charge on any atom is 0.265 e. The maximum atomic E-state index is 14.9. The van der Waals surface area contributed by atoms with Gasteiger partial charge in [-0.25, -0.2) is 4.90 Å². The smallest absolute Gasteiger partial charge is 0.265 e. The van der Waals surface area contributed by atoms with E-state index in [1.165, 1.54) is 36.7 Å². The van der Waals surface area contributed by atoms with E-state index in [2.05, 4.69) is 206 Å². The molecule has 1 aliphatic rings. The fraction of sp³-hybridized carbons (Fsp3) is 0. The minimum absolute atomic E-state index is 0.323. The Morgan fingerprint density at radius 1 is 0.288 bits per heavy atom. The summed E-state index contributed by atoms with van der Waals surface area (Å²) in [6, 6.07) is 82.3. The Bertz CT molecular complexity index is 2730. The Balaban J connectivity index is 1.13. The van der Waals surface area contributed by atoms with Crippen LogP contribution in [0.5, 0.6) is 0 Å². The number of benzene rings is 9. The number of carbonyl (C=O) groups is 2. The van der Waals surface area contributed by atoms with Crippen molar-refractivity contribution in [3.8, 4) is 0 Å². The highest BCUT2D eigenvalue weighted by atomic mass is 31.2. The van der Waals surface area contributed by atoms with Gasteiger partial charge >= 0.3 is 0 Å². The summed E-state index contributed by atoms with van der Waals surface area (Å²) in [6.07, 6.45) is 0. The highest BCUT2D eigenvalue weighted by molar-refractivity contribution is 8.02. The van der Waals surface area contributed by atoms with Crippen LogP contribution >= 0.6 is 14.5 Å². The van der Waals surface area contributed by atoms with Crippen molar-refractivity contribution in [1.29, 1.82) is 0 Å². The number of imide groups is 1. The molecule has 0 atom stereocenters. The van der Waals surface area contributed by atoms with Crippen LogP contribution in [0.3, 0.4) is 0 Å². The van der Waals surface area contributed by atoms with Gasteiger partial charge in [-0.2, -0.15) is 0 Å². The second kappa shape index (κ2) is 15.2. The summed E-state index contributed by atoms with van der Waals surface area (Å²) >= 11 is 0. The average molecular weight is 796 g/mol. The Kier molecular flexibility index (Phi) is 9.42. The molecule has 280 valence electrons. The van der Waals surface area contributed by atoms with Gasteiger partial charge in [0.1, 0.15) is 57.0 Å². The van der Waals surface area contributed by atoms with Crippen LogP contribution in [0.15, 0.2) is 237 Å². The highest BCUT2D eigenvalue weighted by Crippen LogP contribution is 2.57. The first-order valence-corrected chi connectivity index (χ1v) is 23.4. The van der Waals surface area contributed by atoms with Crippen molar-refractivity contribution in [3.63, 3.8) is 0 Å². The summed E-state index contributed by atoms with van der Waals surface area (Å²) in [6.45, 7) is 0. The van der Waals surface area contributed by atoms with Crippen LogP contribution < -0.4 is 47.3 Å². The number of hydrogen-bond acceptors (Lipinski definition) is 2. The van der Waals surface area contributed by atoms with Gasteiger partial charge in [0, 0.05) is 21.9 Å². The number of nitrogens with zero attached hydrogens (tertiary/aromatic N) is 1. The van der Waals surface area contributed by atoms with Gasteiger partial charge in [0.15, 0.2) is 0 Å². The molecule has 0 unspecified atom stereocenters. The SMILES string of the molecule is O=C1c2cccc3c([P+](c4ccccc4)(c4ccccc4)c4ccccc4)ccc(c23)C(=O)N1c1ccc([P+](c2ccccc2)(c2ccccc2)c2ccccc2)cc1. The van der Waals surface area contributed by atoms with Gasteiger partial charge in [-0.1, -0.05) is 121 Å². The molecule has 1 aliphatic heterocycles. The van der Waals surface area contributed by atoms with Crippen molar-refractivity contribution in [1.82, 2.24) is 0 Å². The number of hydrogen-bond donors (Lipinski definition) is 0. The molecule has 0 fully saturated rings. The van der Waals surface area contributed by atoms with Crippen LogP contribution in [0.1, 0.15) is 20.7 Å². The molecule has 0 radical (unpaired) electrons. The molecule has 3 nitrogen and oxygen atoms in total. The number of carbonyl (C=O) groups excluding carboxylic acids is 2. The summed E-state index contributed by atoms with van der Waals surface area (Å²) < 4.78 is 0. The molecule has 0 saturated heterocycles. The largest absolute Gasteiger partial charge is 0.268 e. The Morgan fingerprint density at radius 3 is 1.02 bits per heavy atom. The van der Waals surface area contributed by atoms with Crippen LogP contribution in [0.25, 0.3) is 10.8 Å². The average Bonchev–Trinajstić information content (AvgIpc) is 3.31. The molecule has 9 aromatic rings. The molecule has 0 spiro atoms. The van der Waals surface area contributed by atoms with Gasteiger partial charge in [0.2, 0.25) is 0 Å². The molecule has 10 rings (SSSR count). The highest BCUT2D eigenvalue weighted by Gasteiger charge is 2.51. The van der Waals surface area contributed by atoms with E-state index in [9.17, 15) is 9.59 Å². The molecule has 0 bridgehead atoms. The third kappa shape index (κ3) is 5.81. The van der Waals surface area contributed by atoms with Crippen molar-refractivity contribution in [3.05, 3.63) is 248 Å². The van der Waals surface area contributed by atoms with Crippen molar-refractivity contribution in [2.45, 2.75) is 0 Å². The van der Waals surface area contributed by atoms with E-state index in [0.29, 0.717) is 22.2 Å². The Hall–Kier alpha value is -6.76. The Labute approximate surface area is 345 Å². The summed E-state index contributed by atoms with van der Waals surface area (Å²) in [7, 11) is -4.89. The van der Waals surface area contributed by atoms with Crippen LogP contribution in [-0.2, 0) is 0 Å². The molecule has 59 heavy (non-hydrogen) atoms. The molecule has 0 aliphatic carbocycles. The lowest BCUT2D eigenvalue weighted by Gasteiger charge is -2.31. The van der Waals surface area contributed by atoms with Crippen molar-refractivity contribution >= 4 is 85.2 Å². The number of amides is 2. The normalized spacial score (nSPS) is 12.8. The second-order valence-electron chi connectivity index (χ2n) is 14.7. The van der Waals surface area contributed by atoms with E-state index in [1.54, 1.807) is 0 Å². The van der Waals surface area contributed by atoms with E-state index in [4.69, 9.17) is 0 Å². The molecule has 5 heteroatoms. The van der Waals surface area contributed by atoms with Gasteiger partial charge in [-0.3, -0.25) is 9.59 Å². The minimum Gasteiger partial charge on any atom is -0.268 e. The topological polar surface area (TPSA) is 37.4 Å². The predicted octanol–water partition coefficient (Wildman–Crippen LogP) is 8.88. The van der Waals surface area contributed by atoms with Crippen LogP contribution in [-0.4, -0.2) is 11.8 Å². The number of rotatable bonds is 9. The van der Waals surface area contributed by atoms with Gasteiger partial charge in [-0.05, 0) is 115 Å². The number of anilines is 1. The lowest BCUT2D eigenvalue weighted by molar-refractivity contribution is 0.0893. The van der Waals surface area contributed by atoms with E-state index < -0.39 is 14.5 Å². The monoisotopic (exact) mass is 795 g/mol. The van der Waals surface area contributed by atoms with E-state index in [0.717, 1.165) is 16.0 Å². The lowest BCUT2D eigenvalue weighted by atomic mass is 9.93. The van der Waals surface area contributed by atoms with Gasteiger partial charge in [0.05, 0.1) is 5.69 Å². The summed E-state index contributed by atoms with van der Waals surface area (Å²) in [5.74, 6) is -0.646. The zero-order chi connectivity index (χ0) is 39.8. The summed E-state index contributed by atoms with van der Waals surface area (Å²) in [5, 5.41) is 11.2. The first kappa shape index (κ1) is 36.6. The zero-order valence-corrected chi connectivity index (χ0v) is 34.0. The standard InChI is InChI=1S/C54H39NO2P2/c56-53-49-33-19-32-48-51(59(44-26-13-4-14-27-44,45-28-15-5-16-29-45)46-30-17-6-18-31-46)39-38-50(52(48)49)54(57)55(53)40-34-36-47(37-35-40)58(41-20-7-1-8-21-41,42-22-9-2-10-23-42)43-24-11-3-12-25-43/h1-39H/q+2. The molecule has 2 amide bonds. The predicted molar refractivity (Wildman–Crippen MR) is 251 cm³/mol. The van der Waals surface area contributed by atoms with Gasteiger partial charge in [-0.15, -0.1) is 0 Å². The third-order valence-corrected chi connectivity index (χ3v) is 20.2. The first-order valence-electron chi connectivity index (χ1n) is 19.8. The quantitative estimate of drug-likeness (QED) is 0.108. The zero-order valence-electron chi connectivity index (χ0n) is 32.2. The first-order chi connectivity index (χ1) is 29.1. The fourth-order valence-electron chi connectivity index (χ4n) is 9.10.